The molecule has 0 radical (unpaired) electrons. The Morgan fingerprint density at radius 2 is 2.17 bits per heavy atom. The fourth-order valence-corrected chi connectivity index (χ4v) is 2.74. The molecule has 98 valence electrons. The van der Waals surface area contributed by atoms with Gasteiger partial charge in [0.2, 0.25) is 16.3 Å². The monoisotopic (exact) mass is 291 g/mol. The molecular weight excluding hydrogens is 282 g/mol. The summed E-state index contributed by atoms with van der Waals surface area (Å²) in [7, 11) is -4.11. The summed E-state index contributed by atoms with van der Waals surface area (Å²) in [5, 5.41) is 4.90. The van der Waals surface area contributed by atoms with Crippen molar-refractivity contribution in [3.05, 3.63) is 28.8 Å². The number of nitrogens with two attached hydrogens (primary N) is 1. The van der Waals surface area contributed by atoms with E-state index in [-0.39, 0.29) is 10.6 Å². The molecule has 0 bridgehead atoms. The number of sulfonamides is 1. The van der Waals surface area contributed by atoms with Crippen LogP contribution in [0.4, 0.5) is 0 Å². The molecule has 0 aromatic heterocycles. The zero-order valence-corrected chi connectivity index (χ0v) is 10.7. The van der Waals surface area contributed by atoms with Gasteiger partial charge in [-0.05, 0) is 12.1 Å². The maximum Gasteiger partial charge on any atom is 0.341 e. The van der Waals surface area contributed by atoms with Crippen molar-refractivity contribution in [2.24, 2.45) is 5.14 Å². The molecule has 2 N–H and O–H groups in total. The molecule has 1 aliphatic rings. The minimum atomic E-state index is -4.11. The van der Waals surface area contributed by atoms with Crippen molar-refractivity contribution < 1.29 is 22.7 Å². The van der Waals surface area contributed by atoms with Crippen LogP contribution in [0.15, 0.2) is 23.1 Å². The van der Waals surface area contributed by atoms with E-state index in [1.807, 2.05) is 0 Å². The van der Waals surface area contributed by atoms with Crippen LogP contribution in [0.5, 0.6) is 0 Å². The van der Waals surface area contributed by atoms with E-state index in [0.717, 1.165) is 0 Å². The predicted octanol–water partition coefficient (Wildman–Crippen LogP) is 0.891. The molecule has 1 atom stereocenters. The van der Waals surface area contributed by atoms with Crippen LogP contribution in [-0.2, 0) is 19.5 Å². The van der Waals surface area contributed by atoms with Crippen molar-refractivity contribution in [3.63, 3.8) is 0 Å². The molecule has 1 aromatic carbocycles. The minimum absolute atomic E-state index is 0.124. The van der Waals surface area contributed by atoms with Crippen LogP contribution in [-0.4, -0.2) is 27.3 Å². The van der Waals surface area contributed by atoms with Gasteiger partial charge in [-0.1, -0.05) is 17.7 Å². The number of carbonyl (C=O) groups is 1. The van der Waals surface area contributed by atoms with E-state index in [0.29, 0.717) is 13.0 Å². The number of hydrogen-bond acceptors (Lipinski definition) is 5. The second kappa shape index (κ2) is 4.85. The third-order valence-electron chi connectivity index (χ3n) is 2.37. The number of ether oxygens (including phenoxy) is 2. The molecule has 0 amide bonds. The van der Waals surface area contributed by atoms with Gasteiger partial charge >= 0.3 is 5.97 Å². The van der Waals surface area contributed by atoms with E-state index >= 15 is 0 Å². The first-order valence-electron chi connectivity index (χ1n) is 5.03. The lowest BCUT2D eigenvalue weighted by Crippen LogP contribution is -2.32. The van der Waals surface area contributed by atoms with Crippen molar-refractivity contribution in [1.82, 2.24) is 0 Å². The van der Waals surface area contributed by atoms with Gasteiger partial charge in [0.05, 0.1) is 17.2 Å². The Hall–Kier alpha value is -1.15. The molecule has 1 unspecified atom stereocenters. The molecule has 1 fully saturated rings. The van der Waals surface area contributed by atoms with Crippen LogP contribution < -0.4 is 5.14 Å². The van der Waals surface area contributed by atoms with Crippen LogP contribution in [0.1, 0.15) is 16.8 Å². The van der Waals surface area contributed by atoms with Crippen molar-refractivity contribution >= 4 is 27.6 Å². The Balaban J connectivity index is 2.37. The Bertz CT molecular complexity index is 582. The van der Waals surface area contributed by atoms with Crippen LogP contribution in [0.25, 0.3) is 0 Å². The predicted molar refractivity (Wildman–Crippen MR) is 62.6 cm³/mol. The first-order chi connectivity index (χ1) is 8.39. The number of carbonyl (C=O) groups excluding carboxylic acids is 1. The maximum absolute atomic E-state index is 11.8. The van der Waals surface area contributed by atoms with Crippen molar-refractivity contribution in [2.75, 3.05) is 6.61 Å². The molecule has 1 aliphatic heterocycles. The summed E-state index contributed by atoms with van der Waals surface area (Å²) in [4.78, 5) is 11.4. The Kier molecular flexibility index (Phi) is 3.58. The van der Waals surface area contributed by atoms with Gasteiger partial charge in [-0.15, -0.1) is 0 Å². The van der Waals surface area contributed by atoms with Gasteiger partial charge < -0.3 is 9.47 Å². The van der Waals surface area contributed by atoms with E-state index in [9.17, 15) is 13.2 Å². The number of hydrogen-bond donors (Lipinski definition) is 1. The molecule has 6 nitrogen and oxygen atoms in total. The van der Waals surface area contributed by atoms with Crippen molar-refractivity contribution in [1.29, 1.82) is 0 Å². The second-order valence-electron chi connectivity index (χ2n) is 3.66. The van der Waals surface area contributed by atoms with Crippen LogP contribution in [0.3, 0.4) is 0 Å². The normalized spacial score (nSPS) is 19.1. The second-order valence-corrected chi connectivity index (χ2v) is 5.56. The summed E-state index contributed by atoms with van der Waals surface area (Å²) in [5.74, 6) is -0.828. The molecule has 0 saturated carbocycles. The molecule has 18 heavy (non-hydrogen) atoms. The summed E-state index contributed by atoms with van der Waals surface area (Å²) in [5.41, 5.74) is -0.194. The van der Waals surface area contributed by atoms with Crippen molar-refractivity contribution in [2.45, 2.75) is 17.6 Å². The van der Waals surface area contributed by atoms with Crippen LogP contribution in [0.2, 0.25) is 5.02 Å². The lowest BCUT2D eigenvalue weighted by Gasteiger charge is -2.26. The van der Waals surface area contributed by atoms with Gasteiger partial charge in [0.15, 0.2) is 0 Å². The summed E-state index contributed by atoms with van der Waals surface area (Å²) in [6, 6.07) is 4.06. The highest BCUT2D eigenvalue weighted by Gasteiger charge is 2.28. The molecule has 1 heterocycles. The minimum Gasteiger partial charge on any atom is -0.432 e. The quantitative estimate of drug-likeness (QED) is 0.834. The van der Waals surface area contributed by atoms with Crippen LogP contribution in [0, 0.1) is 0 Å². The highest BCUT2D eigenvalue weighted by atomic mass is 35.5. The van der Waals surface area contributed by atoms with Gasteiger partial charge in [-0.2, -0.15) is 0 Å². The van der Waals surface area contributed by atoms with Gasteiger partial charge in [0.1, 0.15) is 4.90 Å². The molecule has 0 spiro atoms. The van der Waals surface area contributed by atoms with E-state index in [4.69, 9.17) is 26.2 Å². The third kappa shape index (κ3) is 2.64. The fraction of sp³-hybridized carbons (Fsp3) is 0.300. The Morgan fingerprint density at radius 1 is 1.50 bits per heavy atom. The van der Waals surface area contributed by atoms with Crippen LogP contribution >= 0.6 is 11.6 Å². The topological polar surface area (TPSA) is 95.7 Å². The molecule has 1 aromatic rings. The average Bonchev–Trinajstić information content (AvgIpc) is 2.21. The lowest BCUT2D eigenvalue weighted by molar-refractivity contribution is -0.184. The van der Waals surface area contributed by atoms with E-state index in [1.165, 1.54) is 18.2 Å². The number of halogens is 1. The zero-order valence-electron chi connectivity index (χ0n) is 9.13. The highest BCUT2D eigenvalue weighted by Crippen LogP contribution is 2.26. The first kappa shape index (κ1) is 13.3. The Morgan fingerprint density at radius 3 is 2.67 bits per heavy atom. The maximum atomic E-state index is 11.8. The standard InChI is InChI=1S/C10H10ClNO5S/c11-7-3-1-2-6(9(7)18(12,14)15)10(13)17-8-4-5-16-8/h1-3,8H,4-5H2,(H2,12,14,15). The SMILES string of the molecule is NS(=O)(=O)c1c(Cl)cccc1C(=O)OC1CCO1. The van der Waals surface area contributed by atoms with Gasteiger partial charge in [0.25, 0.3) is 0 Å². The summed E-state index contributed by atoms with van der Waals surface area (Å²) in [6.45, 7) is 0.509. The molecular formula is C10H10ClNO5S. The van der Waals surface area contributed by atoms with Gasteiger partial charge in [-0.3, -0.25) is 0 Å². The molecule has 2 rings (SSSR count). The summed E-state index contributed by atoms with van der Waals surface area (Å²) < 4.78 is 32.7. The number of rotatable bonds is 3. The van der Waals surface area contributed by atoms with E-state index < -0.39 is 27.2 Å². The number of primary sulfonamides is 1. The summed E-state index contributed by atoms with van der Waals surface area (Å²) >= 11 is 5.74. The van der Waals surface area contributed by atoms with E-state index in [2.05, 4.69) is 0 Å². The zero-order chi connectivity index (χ0) is 13.3. The van der Waals surface area contributed by atoms with Gasteiger partial charge in [-0.25, -0.2) is 18.4 Å². The van der Waals surface area contributed by atoms with Crippen molar-refractivity contribution in [3.8, 4) is 0 Å². The Labute approximate surface area is 109 Å². The average molecular weight is 292 g/mol. The van der Waals surface area contributed by atoms with Gasteiger partial charge in [0, 0.05) is 6.42 Å². The molecule has 0 aliphatic carbocycles. The smallest absolute Gasteiger partial charge is 0.341 e. The third-order valence-corrected chi connectivity index (χ3v) is 3.80. The number of benzene rings is 1. The highest BCUT2D eigenvalue weighted by molar-refractivity contribution is 7.89. The number of esters is 1. The molecule has 8 heteroatoms. The fourth-order valence-electron chi connectivity index (χ4n) is 1.45. The first-order valence-corrected chi connectivity index (χ1v) is 6.96. The summed E-state index contributed by atoms with van der Waals surface area (Å²) in [6.07, 6.45) is -0.0541. The lowest BCUT2D eigenvalue weighted by atomic mass is 10.2. The largest absolute Gasteiger partial charge is 0.432 e. The van der Waals surface area contributed by atoms with E-state index in [1.54, 1.807) is 0 Å². The molecule has 1 saturated heterocycles.